The molecule has 1 N–H and O–H groups in total. The second-order valence-corrected chi connectivity index (χ2v) is 6.06. The molecule has 1 amide bonds. The minimum absolute atomic E-state index is 0.0774. The largest absolute Gasteiger partial charge is 0.348 e. The molecule has 3 nitrogen and oxygen atoms in total. The molecular formula is C15H17BrN2O. The molecule has 1 atom stereocenters. The molecule has 0 heterocycles. The fourth-order valence-corrected chi connectivity index (χ4v) is 2.80. The standard InChI is InChI=1S/C15H17BrN2O/c1-11(12-4-6-13(16)7-5-12)18-14(19)15(10-17)8-2-3-9-15/h4-7,11H,2-3,8-9H2,1H3,(H,18,19). The lowest BCUT2D eigenvalue weighted by molar-refractivity contribution is -0.128. The van der Waals surface area contributed by atoms with Crippen LogP contribution in [0.1, 0.15) is 44.2 Å². The van der Waals surface area contributed by atoms with Gasteiger partial charge in [0.05, 0.1) is 12.1 Å². The average molecular weight is 321 g/mol. The topological polar surface area (TPSA) is 52.9 Å². The third-order valence-corrected chi connectivity index (χ3v) is 4.35. The molecule has 1 aromatic rings. The Morgan fingerprint density at radius 1 is 1.37 bits per heavy atom. The molecule has 0 saturated heterocycles. The van der Waals surface area contributed by atoms with Crippen LogP contribution in [0.4, 0.5) is 0 Å². The molecule has 0 aliphatic heterocycles. The van der Waals surface area contributed by atoms with Gasteiger partial charge in [-0.25, -0.2) is 0 Å². The van der Waals surface area contributed by atoms with Gasteiger partial charge in [0.15, 0.2) is 0 Å². The van der Waals surface area contributed by atoms with Gasteiger partial charge in [-0.1, -0.05) is 40.9 Å². The monoisotopic (exact) mass is 320 g/mol. The lowest BCUT2D eigenvalue weighted by Crippen LogP contribution is -2.39. The fourth-order valence-electron chi connectivity index (χ4n) is 2.54. The van der Waals surface area contributed by atoms with Gasteiger partial charge in [-0.2, -0.15) is 5.26 Å². The first kappa shape index (κ1) is 14.1. The summed E-state index contributed by atoms with van der Waals surface area (Å²) in [5.74, 6) is -0.122. The molecular weight excluding hydrogens is 304 g/mol. The maximum absolute atomic E-state index is 12.3. The Balaban J connectivity index is 2.06. The Labute approximate surface area is 122 Å². The van der Waals surface area contributed by atoms with Crippen molar-refractivity contribution in [2.45, 2.75) is 38.6 Å². The van der Waals surface area contributed by atoms with Crippen LogP contribution < -0.4 is 5.32 Å². The van der Waals surface area contributed by atoms with Gasteiger partial charge in [-0.3, -0.25) is 4.79 Å². The molecule has 0 spiro atoms. The smallest absolute Gasteiger partial charge is 0.240 e. The van der Waals surface area contributed by atoms with Gasteiger partial charge in [0.25, 0.3) is 0 Å². The highest BCUT2D eigenvalue weighted by molar-refractivity contribution is 9.10. The van der Waals surface area contributed by atoms with Gasteiger partial charge in [0.2, 0.25) is 5.91 Å². The Morgan fingerprint density at radius 3 is 2.47 bits per heavy atom. The van der Waals surface area contributed by atoms with E-state index in [1.165, 1.54) is 0 Å². The van der Waals surface area contributed by atoms with Crippen molar-refractivity contribution in [1.29, 1.82) is 5.26 Å². The molecule has 0 radical (unpaired) electrons. The number of nitrogens with one attached hydrogen (secondary N) is 1. The van der Waals surface area contributed by atoms with Crippen molar-refractivity contribution in [3.63, 3.8) is 0 Å². The van der Waals surface area contributed by atoms with E-state index in [0.717, 1.165) is 22.9 Å². The number of hydrogen-bond acceptors (Lipinski definition) is 2. The van der Waals surface area contributed by atoms with Crippen LogP contribution in [0.2, 0.25) is 0 Å². The lowest BCUT2D eigenvalue weighted by atomic mass is 9.86. The summed E-state index contributed by atoms with van der Waals surface area (Å²) in [5.41, 5.74) is 0.242. The second kappa shape index (κ2) is 5.75. The normalized spacial score (nSPS) is 18.6. The van der Waals surface area contributed by atoms with Crippen molar-refractivity contribution >= 4 is 21.8 Å². The van der Waals surface area contributed by atoms with E-state index in [-0.39, 0.29) is 11.9 Å². The summed E-state index contributed by atoms with van der Waals surface area (Å²) >= 11 is 3.39. The van der Waals surface area contributed by atoms with Crippen LogP contribution >= 0.6 is 15.9 Å². The van der Waals surface area contributed by atoms with Crippen molar-refractivity contribution in [3.05, 3.63) is 34.3 Å². The average Bonchev–Trinajstić information content (AvgIpc) is 2.89. The van der Waals surface area contributed by atoms with Crippen LogP contribution in [0.15, 0.2) is 28.7 Å². The molecule has 2 rings (SSSR count). The number of carbonyl (C=O) groups is 1. The van der Waals surface area contributed by atoms with Crippen LogP contribution in [0, 0.1) is 16.7 Å². The van der Waals surface area contributed by atoms with Gasteiger partial charge in [0, 0.05) is 4.47 Å². The highest BCUT2D eigenvalue weighted by Crippen LogP contribution is 2.38. The SMILES string of the molecule is CC(NC(=O)C1(C#N)CCCC1)c1ccc(Br)cc1. The van der Waals surface area contributed by atoms with E-state index in [4.69, 9.17) is 0 Å². The molecule has 1 fully saturated rings. The van der Waals surface area contributed by atoms with Crippen molar-refractivity contribution in [2.24, 2.45) is 5.41 Å². The molecule has 1 aliphatic carbocycles. The molecule has 1 aromatic carbocycles. The van der Waals surface area contributed by atoms with Gasteiger partial charge in [0.1, 0.15) is 5.41 Å². The first-order chi connectivity index (χ1) is 9.07. The van der Waals surface area contributed by atoms with Crippen LogP contribution in [-0.2, 0) is 4.79 Å². The minimum Gasteiger partial charge on any atom is -0.348 e. The number of amides is 1. The fraction of sp³-hybridized carbons (Fsp3) is 0.467. The quantitative estimate of drug-likeness (QED) is 0.923. The number of nitrogens with zero attached hydrogens (tertiary/aromatic N) is 1. The van der Waals surface area contributed by atoms with E-state index in [0.29, 0.717) is 12.8 Å². The van der Waals surface area contributed by atoms with Crippen molar-refractivity contribution in [1.82, 2.24) is 5.32 Å². The lowest BCUT2D eigenvalue weighted by Gasteiger charge is -2.23. The Morgan fingerprint density at radius 2 is 1.95 bits per heavy atom. The van der Waals surface area contributed by atoms with E-state index < -0.39 is 5.41 Å². The maximum atomic E-state index is 12.3. The van der Waals surface area contributed by atoms with E-state index in [9.17, 15) is 10.1 Å². The Hall–Kier alpha value is -1.34. The van der Waals surface area contributed by atoms with E-state index >= 15 is 0 Å². The zero-order valence-corrected chi connectivity index (χ0v) is 12.5. The summed E-state index contributed by atoms with van der Waals surface area (Å²) in [6.07, 6.45) is 3.30. The zero-order valence-electron chi connectivity index (χ0n) is 10.9. The summed E-state index contributed by atoms with van der Waals surface area (Å²) in [5, 5.41) is 12.3. The van der Waals surface area contributed by atoms with Crippen LogP contribution in [0.25, 0.3) is 0 Å². The van der Waals surface area contributed by atoms with Crippen LogP contribution in [0.3, 0.4) is 0 Å². The van der Waals surface area contributed by atoms with E-state index in [1.807, 2.05) is 31.2 Å². The third kappa shape index (κ3) is 2.98. The Kier molecular flexibility index (Phi) is 4.26. The van der Waals surface area contributed by atoms with E-state index in [1.54, 1.807) is 0 Å². The Bertz CT molecular complexity index is 498. The molecule has 4 heteroatoms. The highest BCUT2D eigenvalue weighted by atomic mass is 79.9. The number of rotatable bonds is 3. The van der Waals surface area contributed by atoms with Crippen LogP contribution in [-0.4, -0.2) is 5.91 Å². The number of hydrogen-bond donors (Lipinski definition) is 1. The minimum atomic E-state index is -0.802. The number of carbonyl (C=O) groups excluding carboxylic acids is 1. The maximum Gasteiger partial charge on any atom is 0.240 e. The summed E-state index contributed by atoms with van der Waals surface area (Å²) < 4.78 is 1.01. The predicted octanol–water partition coefficient (Wildman–Crippen LogP) is 3.71. The second-order valence-electron chi connectivity index (χ2n) is 5.15. The highest BCUT2D eigenvalue weighted by Gasteiger charge is 2.41. The van der Waals surface area contributed by atoms with Gasteiger partial charge < -0.3 is 5.32 Å². The van der Waals surface area contributed by atoms with E-state index in [2.05, 4.69) is 27.3 Å². The van der Waals surface area contributed by atoms with Crippen molar-refractivity contribution in [3.8, 4) is 6.07 Å². The number of halogens is 1. The first-order valence-electron chi connectivity index (χ1n) is 6.55. The third-order valence-electron chi connectivity index (χ3n) is 3.82. The predicted molar refractivity (Wildman–Crippen MR) is 77.2 cm³/mol. The number of benzene rings is 1. The van der Waals surface area contributed by atoms with Gasteiger partial charge >= 0.3 is 0 Å². The van der Waals surface area contributed by atoms with Crippen molar-refractivity contribution < 1.29 is 4.79 Å². The summed E-state index contributed by atoms with van der Waals surface area (Å²) in [4.78, 5) is 12.3. The molecule has 0 bridgehead atoms. The molecule has 19 heavy (non-hydrogen) atoms. The van der Waals surface area contributed by atoms with Crippen LogP contribution in [0.5, 0.6) is 0 Å². The van der Waals surface area contributed by atoms with Gasteiger partial charge in [-0.05, 0) is 37.5 Å². The summed E-state index contributed by atoms with van der Waals surface area (Å²) in [7, 11) is 0. The molecule has 100 valence electrons. The van der Waals surface area contributed by atoms with Crippen molar-refractivity contribution in [2.75, 3.05) is 0 Å². The molecule has 1 aliphatic rings. The molecule has 1 saturated carbocycles. The summed E-state index contributed by atoms with van der Waals surface area (Å²) in [6, 6.07) is 10.0. The number of nitriles is 1. The summed E-state index contributed by atoms with van der Waals surface area (Å²) in [6.45, 7) is 1.95. The van der Waals surface area contributed by atoms with Gasteiger partial charge in [-0.15, -0.1) is 0 Å². The molecule has 1 unspecified atom stereocenters. The molecule has 0 aromatic heterocycles. The first-order valence-corrected chi connectivity index (χ1v) is 7.34. The zero-order chi connectivity index (χ0) is 13.9.